The number of alkyl carbamates (subject to hydrolysis) is 1. The first-order chi connectivity index (χ1) is 11.2. The monoisotopic (exact) mass is 336 g/mol. The second kappa shape index (κ2) is 7.53. The number of nitrogens with zero attached hydrogens (tertiary/aromatic N) is 1. The van der Waals surface area contributed by atoms with Crippen molar-refractivity contribution >= 4 is 12.2 Å². The maximum atomic E-state index is 12.1. The van der Waals surface area contributed by atoms with E-state index in [2.05, 4.69) is 5.32 Å². The van der Waals surface area contributed by atoms with Crippen LogP contribution < -0.4 is 5.32 Å². The lowest BCUT2D eigenvalue weighted by atomic mass is 10.2. The predicted octanol–water partition coefficient (Wildman–Crippen LogP) is 1.89. The van der Waals surface area contributed by atoms with E-state index in [0.717, 1.165) is 5.56 Å². The molecule has 2 atom stereocenters. The van der Waals surface area contributed by atoms with E-state index >= 15 is 0 Å². The molecular weight excluding hydrogens is 312 g/mol. The van der Waals surface area contributed by atoms with E-state index in [1.165, 1.54) is 4.90 Å². The summed E-state index contributed by atoms with van der Waals surface area (Å²) < 4.78 is 10.4. The Morgan fingerprint density at radius 2 is 1.92 bits per heavy atom. The van der Waals surface area contributed by atoms with E-state index in [0.29, 0.717) is 0 Å². The molecule has 132 valence electrons. The number of nitrogens with one attached hydrogen (secondary N) is 1. The number of β-amino-alcohol motifs (C(OH)–C–C–N with tert-alkyl or cyclic N) is 1. The second-order valence-electron chi connectivity index (χ2n) is 6.77. The third kappa shape index (κ3) is 5.42. The van der Waals surface area contributed by atoms with Crippen LogP contribution in [0.1, 0.15) is 26.3 Å². The van der Waals surface area contributed by atoms with E-state index in [1.54, 1.807) is 20.8 Å². The summed E-state index contributed by atoms with van der Waals surface area (Å²) in [5.74, 6) is 0. The highest BCUT2D eigenvalue weighted by atomic mass is 16.6. The summed E-state index contributed by atoms with van der Waals surface area (Å²) in [7, 11) is 0. The predicted molar refractivity (Wildman–Crippen MR) is 87.4 cm³/mol. The maximum Gasteiger partial charge on any atom is 0.410 e. The largest absolute Gasteiger partial charge is 0.445 e. The first kappa shape index (κ1) is 18.1. The number of amides is 2. The maximum absolute atomic E-state index is 12.1. The van der Waals surface area contributed by atoms with Crippen molar-refractivity contribution in [2.24, 2.45) is 0 Å². The van der Waals surface area contributed by atoms with Gasteiger partial charge in [-0.25, -0.2) is 9.59 Å². The lowest BCUT2D eigenvalue weighted by molar-refractivity contribution is 0.0461. The number of rotatable bonds is 3. The second-order valence-corrected chi connectivity index (χ2v) is 6.77. The quantitative estimate of drug-likeness (QED) is 0.880. The Balaban J connectivity index is 1.81. The molecule has 2 amide bonds. The molecular formula is C17H24N2O5. The molecule has 1 aliphatic heterocycles. The molecule has 0 aliphatic carbocycles. The van der Waals surface area contributed by atoms with Gasteiger partial charge in [-0.1, -0.05) is 30.3 Å². The Bertz CT molecular complexity index is 570. The third-order valence-corrected chi connectivity index (χ3v) is 3.45. The van der Waals surface area contributed by atoms with Crippen LogP contribution in [0.3, 0.4) is 0 Å². The number of hydrogen-bond acceptors (Lipinski definition) is 5. The smallest absolute Gasteiger partial charge is 0.410 e. The summed E-state index contributed by atoms with van der Waals surface area (Å²) in [5.41, 5.74) is 0.260. The van der Waals surface area contributed by atoms with Gasteiger partial charge in [0.25, 0.3) is 0 Å². The van der Waals surface area contributed by atoms with Crippen LogP contribution >= 0.6 is 0 Å². The Kier molecular flexibility index (Phi) is 5.66. The van der Waals surface area contributed by atoms with Crippen LogP contribution in [-0.4, -0.2) is 53.0 Å². The van der Waals surface area contributed by atoms with Gasteiger partial charge in [0, 0.05) is 6.54 Å². The Hall–Kier alpha value is -2.28. The van der Waals surface area contributed by atoms with Crippen molar-refractivity contribution < 1.29 is 24.2 Å². The molecule has 0 saturated carbocycles. The first-order valence-corrected chi connectivity index (χ1v) is 7.88. The average molecular weight is 336 g/mol. The van der Waals surface area contributed by atoms with E-state index < -0.39 is 29.9 Å². The van der Waals surface area contributed by atoms with Gasteiger partial charge < -0.3 is 24.8 Å². The van der Waals surface area contributed by atoms with E-state index in [4.69, 9.17) is 9.47 Å². The molecule has 0 bridgehead atoms. The van der Waals surface area contributed by atoms with Crippen LogP contribution in [0.25, 0.3) is 0 Å². The zero-order valence-corrected chi connectivity index (χ0v) is 14.2. The highest BCUT2D eigenvalue weighted by molar-refractivity contribution is 5.70. The van der Waals surface area contributed by atoms with Crippen LogP contribution in [0.5, 0.6) is 0 Å². The number of aliphatic hydroxyl groups is 1. The minimum atomic E-state index is -0.859. The van der Waals surface area contributed by atoms with Crippen molar-refractivity contribution in [3.63, 3.8) is 0 Å². The molecule has 0 aromatic heterocycles. The molecule has 1 aromatic carbocycles. The van der Waals surface area contributed by atoms with Gasteiger partial charge in [0.1, 0.15) is 12.2 Å². The standard InChI is InChI=1S/C17H24N2O5/c1-17(2,3)24-15(21)18-13-9-19(10-14(13)20)16(22)23-11-12-7-5-4-6-8-12/h4-8,13-14,20H,9-11H2,1-3H3,(H,18,21). The van der Waals surface area contributed by atoms with Gasteiger partial charge in [-0.3, -0.25) is 0 Å². The molecule has 2 N–H and O–H groups in total. The van der Waals surface area contributed by atoms with Crippen molar-refractivity contribution in [2.75, 3.05) is 13.1 Å². The van der Waals surface area contributed by atoms with Crippen molar-refractivity contribution in [2.45, 2.75) is 45.1 Å². The summed E-state index contributed by atoms with van der Waals surface area (Å²) in [6.45, 7) is 5.71. The normalized spacial score (nSPS) is 20.6. The molecule has 2 rings (SSSR count). The first-order valence-electron chi connectivity index (χ1n) is 7.88. The van der Waals surface area contributed by atoms with Gasteiger partial charge in [-0.15, -0.1) is 0 Å². The summed E-state index contributed by atoms with van der Waals surface area (Å²) in [4.78, 5) is 25.2. The summed E-state index contributed by atoms with van der Waals surface area (Å²) in [6.07, 6.45) is -2.00. The number of benzene rings is 1. The van der Waals surface area contributed by atoms with Crippen molar-refractivity contribution in [1.82, 2.24) is 10.2 Å². The average Bonchev–Trinajstić information content (AvgIpc) is 2.85. The van der Waals surface area contributed by atoms with Gasteiger partial charge in [0.05, 0.1) is 18.7 Å². The minimum Gasteiger partial charge on any atom is -0.445 e. The van der Waals surface area contributed by atoms with Crippen LogP contribution in [0.4, 0.5) is 9.59 Å². The fraction of sp³-hybridized carbons (Fsp3) is 0.529. The van der Waals surface area contributed by atoms with Crippen molar-refractivity contribution in [3.05, 3.63) is 35.9 Å². The Morgan fingerprint density at radius 1 is 1.25 bits per heavy atom. The summed E-state index contributed by atoms with van der Waals surface area (Å²) in [5, 5.41) is 12.6. The number of hydrogen-bond donors (Lipinski definition) is 2. The molecule has 2 unspecified atom stereocenters. The summed E-state index contributed by atoms with van der Waals surface area (Å²) in [6, 6.07) is 8.75. The van der Waals surface area contributed by atoms with Gasteiger partial charge >= 0.3 is 12.2 Å². The van der Waals surface area contributed by atoms with Crippen LogP contribution in [-0.2, 0) is 16.1 Å². The third-order valence-electron chi connectivity index (χ3n) is 3.45. The molecule has 1 aliphatic rings. The number of carbonyl (C=O) groups excluding carboxylic acids is 2. The lowest BCUT2D eigenvalue weighted by Gasteiger charge is -2.22. The molecule has 0 radical (unpaired) electrons. The highest BCUT2D eigenvalue weighted by Crippen LogP contribution is 2.14. The fourth-order valence-corrected chi connectivity index (χ4v) is 2.35. The number of carbonyl (C=O) groups is 2. The molecule has 1 heterocycles. The molecule has 0 spiro atoms. The van der Waals surface area contributed by atoms with E-state index in [-0.39, 0.29) is 19.7 Å². The number of aliphatic hydroxyl groups excluding tert-OH is 1. The Morgan fingerprint density at radius 3 is 2.54 bits per heavy atom. The molecule has 7 heteroatoms. The van der Waals surface area contributed by atoms with Crippen LogP contribution in [0, 0.1) is 0 Å². The molecule has 24 heavy (non-hydrogen) atoms. The zero-order chi connectivity index (χ0) is 17.7. The minimum absolute atomic E-state index is 0.105. The lowest BCUT2D eigenvalue weighted by Crippen LogP contribution is -2.45. The van der Waals surface area contributed by atoms with Gasteiger partial charge in [0.2, 0.25) is 0 Å². The summed E-state index contributed by atoms with van der Waals surface area (Å²) >= 11 is 0. The number of ether oxygens (including phenoxy) is 2. The van der Waals surface area contributed by atoms with Gasteiger partial charge in [-0.05, 0) is 26.3 Å². The SMILES string of the molecule is CC(C)(C)OC(=O)NC1CN(C(=O)OCc2ccccc2)CC1O. The fourth-order valence-electron chi connectivity index (χ4n) is 2.35. The molecule has 1 fully saturated rings. The van der Waals surface area contributed by atoms with E-state index in [1.807, 2.05) is 30.3 Å². The molecule has 1 saturated heterocycles. The van der Waals surface area contributed by atoms with E-state index in [9.17, 15) is 14.7 Å². The Labute approximate surface area is 141 Å². The highest BCUT2D eigenvalue weighted by Gasteiger charge is 2.36. The zero-order valence-electron chi connectivity index (χ0n) is 14.2. The van der Waals surface area contributed by atoms with Gasteiger partial charge in [0.15, 0.2) is 0 Å². The topological polar surface area (TPSA) is 88.1 Å². The van der Waals surface area contributed by atoms with Crippen LogP contribution in [0.2, 0.25) is 0 Å². The molecule has 7 nitrogen and oxygen atoms in total. The van der Waals surface area contributed by atoms with Gasteiger partial charge in [-0.2, -0.15) is 0 Å². The molecule has 1 aromatic rings. The number of likely N-dealkylation sites (tertiary alicyclic amines) is 1. The van der Waals surface area contributed by atoms with Crippen molar-refractivity contribution in [3.8, 4) is 0 Å². The van der Waals surface area contributed by atoms with Crippen LogP contribution in [0.15, 0.2) is 30.3 Å². The van der Waals surface area contributed by atoms with Crippen molar-refractivity contribution in [1.29, 1.82) is 0 Å².